The highest BCUT2D eigenvalue weighted by atomic mass is 28.4. The smallest absolute Gasteiger partial charge is 0.336 e. The van der Waals surface area contributed by atoms with Gasteiger partial charge < -0.3 is 38.6 Å². The number of anilines is 2. The standard InChI is InChI=1S/C40H52N2O10Si4/c1-27(43)36-23-32(17-19-34(36)39(45)46)55(7,8)52-56(9,10)33-18-20-35(40(47)48)37(24-33)38(44)42-29-14-12-16-31(22-29)50-26-54(5,6)51-53(3,4)25-49-30-15-11-13-28(21-30)41-2/h11-24,41H,25-26H2,1-10H3,(H,42,44)(H,45,46)(H,47,48). The molecule has 0 bridgehead atoms. The van der Waals surface area contributed by atoms with E-state index in [9.17, 15) is 29.4 Å². The average Bonchev–Trinajstić information content (AvgIpc) is 3.12. The van der Waals surface area contributed by atoms with E-state index in [4.69, 9.17) is 17.7 Å². The molecular weight excluding hydrogens is 781 g/mol. The first-order chi connectivity index (χ1) is 26.0. The fourth-order valence-electron chi connectivity index (χ4n) is 6.37. The van der Waals surface area contributed by atoms with Crippen molar-refractivity contribution in [1.29, 1.82) is 0 Å². The summed E-state index contributed by atoms with van der Waals surface area (Å²) < 4.78 is 25.8. The second kappa shape index (κ2) is 17.5. The van der Waals surface area contributed by atoms with Crippen molar-refractivity contribution in [1.82, 2.24) is 0 Å². The Hall–Kier alpha value is -4.85. The number of carbonyl (C=O) groups is 4. The van der Waals surface area contributed by atoms with E-state index in [2.05, 4.69) is 36.8 Å². The first-order valence-electron chi connectivity index (χ1n) is 18.1. The lowest BCUT2D eigenvalue weighted by atomic mass is 10.0. The molecule has 0 saturated carbocycles. The van der Waals surface area contributed by atoms with Crippen LogP contribution in [0.15, 0.2) is 84.9 Å². The lowest BCUT2D eigenvalue weighted by Crippen LogP contribution is -2.58. The molecule has 0 saturated heterocycles. The zero-order valence-corrected chi connectivity index (χ0v) is 37.7. The van der Waals surface area contributed by atoms with Crippen molar-refractivity contribution < 1.29 is 47.1 Å². The monoisotopic (exact) mass is 832 g/mol. The van der Waals surface area contributed by atoms with E-state index in [-0.39, 0.29) is 28.0 Å². The predicted molar refractivity (Wildman–Crippen MR) is 230 cm³/mol. The highest BCUT2D eigenvalue weighted by Gasteiger charge is 2.38. The van der Waals surface area contributed by atoms with Crippen molar-refractivity contribution in [2.75, 3.05) is 30.1 Å². The van der Waals surface area contributed by atoms with Crippen LogP contribution < -0.4 is 30.5 Å². The van der Waals surface area contributed by atoms with Crippen LogP contribution in [0.1, 0.15) is 48.4 Å². The van der Waals surface area contributed by atoms with Gasteiger partial charge in [0.05, 0.1) is 16.7 Å². The van der Waals surface area contributed by atoms with Crippen LogP contribution in [0, 0.1) is 0 Å². The molecule has 1 amide bonds. The zero-order valence-electron chi connectivity index (χ0n) is 33.7. The molecule has 298 valence electrons. The molecule has 0 spiro atoms. The Morgan fingerprint density at radius 1 is 0.571 bits per heavy atom. The number of benzene rings is 4. The maximum absolute atomic E-state index is 13.8. The van der Waals surface area contributed by atoms with Crippen LogP contribution in [0.2, 0.25) is 52.4 Å². The Bertz CT molecular complexity index is 2120. The SMILES string of the molecule is CNc1cccc(OC[Si](C)(C)O[Si](C)(C)COc2cccc(NC(=O)c3cc([Si](C)(C)O[Si](C)(C)c4ccc(C(=O)O)c(C(C)=O)c4)ccc3C(=O)O)c2)c1. The molecule has 4 aromatic carbocycles. The molecular formula is C40H52N2O10Si4. The summed E-state index contributed by atoms with van der Waals surface area (Å²) in [6.07, 6.45) is 0.841. The molecule has 12 nitrogen and oxygen atoms in total. The minimum absolute atomic E-state index is 0.0244. The van der Waals surface area contributed by atoms with E-state index < -0.39 is 51.1 Å². The van der Waals surface area contributed by atoms with Gasteiger partial charge in [-0.1, -0.05) is 24.3 Å². The molecule has 4 N–H and O–H groups in total. The summed E-state index contributed by atoms with van der Waals surface area (Å²) in [4.78, 5) is 50.1. The quantitative estimate of drug-likeness (QED) is 0.0597. The van der Waals surface area contributed by atoms with E-state index >= 15 is 0 Å². The highest BCUT2D eigenvalue weighted by molar-refractivity contribution is 6.97. The van der Waals surface area contributed by atoms with Crippen LogP contribution in [0.4, 0.5) is 11.4 Å². The number of carbonyl (C=O) groups excluding carboxylic acids is 2. The number of aromatic carboxylic acids is 2. The average molecular weight is 833 g/mol. The number of carboxylic acids is 2. The topological polar surface area (TPSA) is 170 Å². The van der Waals surface area contributed by atoms with E-state index in [1.54, 1.807) is 48.5 Å². The third-order valence-electron chi connectivity index (χ3n) is 8.96. The van der Waals surface area contributed by atoms with Gasteiger partial charge in [-0.15, -0.1) is 0 Å². The van der Waals surface area contributed by atoms with Crippen LogP contribution in [-0.2, 0) is 8.23 Å². The summed E-state index contributed by atoms with van der Waals surface area (Å²) in [5, 5.41) is 27.0. The Labute approximate surface area is 332 Å². The largest absolute Gasteiger partial charge is 0.494 e. The maximum atomic E-state index is 13.8. The van der Waals surface area contributed by atoms with Crippen molar-refractivity contribution >= 4 is 78.6 Å². The molecule has 0 aromatic heterocycles. The van der Waals surface area contributed by atoms with Crippen LogP contribution in [0.5, 0.6) is 11.5 Å². The second-order valence-corrected chi connectivity index (χ2v) is 32.2. The van der Waals surface area contributed by atoms with Gasteiger partial charge in [0.2, 0.25) is 33.3 Å². The predicted octanol–water partition coefficient (Wildman–Crippen LogP) is 7.08. The van der Waals surface area contributed by atoms with Crippen LogP contribution in [0.25, 0.3) is 0 Å². The van der Waals surface area contributed by atoms with E-state index in [0.29, 0.717) is 29.1 Å². The molecule has 0 aliphatic heterocycles. The van der Waals surface area contributed by atoms with Gasteiger partial charge in [-0.3, -0.25) is 9.59 Å². The van der Waals surface area contributed by atoms with Gasteiger partial charge in [0.15, 0.2) is 5.78 Å². The number of hydrogen-bond acceptors (Lipinski definition) is 9. The fourth-order valence-corrected chi connectivity index (χ4v) is 21.9. The van der Waals surface area contributed by atoms with Gasteiger partial charge in [0.1, 0.15) is 24.0 Å². The van der Waals surface area contributed by atoms with Crippen molar-refractivity contribution in [3.05, 3.63) is 107 Å². The Morgan fingerprint density at radius 2 is 1.02 bits per heavy atom. The molecule has 4 rings (SSSR count). The van der Waals surface area contributed by atoms with Gasteiger partial charge in [0, 0.05) is 36.1 Å². The summed E-state index contributed by atoms with van der Waals surface area (Å²) in [6.45, 7) is 17.5. The van der Waals surface area contributed by atoms with E-state index in [1.165, 1.54) is 19.1 Å². The lowest BCUT2D eigenvalue weighted by Gasteiger charge is -2.35. The zero-order chi connectivity index (χ0) is 41.6. The van der Waals surface area contributed by atoms with Crippen LogP contribution >= 0.6 is 0 Å². The second-order valence-electron chi connectivity index (χ2n) is 15.8. The van der Waals surface area contributed by atoms with Gasteiger partial charge in [-0.25, -0.2) is 9.59 Å². The van der Waals surface area contributed by atoms with Gasteiger partial charge in [-0.2, -0.15) is 0 Å². The molecule has 0 fully saturated rings. The third kappa shape index (κ3) is 11.6. The van der Waals surface area contributed by atoms with Gasteiger partial charge in [0.25, 0.3) is 5.91 Å². The van der Waals surface area contributed by atoms with E-state index in [1.807, 2.05) is 57.5 Å². The molecule has 56 heavy (non-hydrogen) atoms. The number of ether oxygens (including phenoxy) is 2. The number of hydrogen-bond donors (Lipinski definition) is 4. The number of ketones is 1. The number of Topliss-reactive ketones (excluding diaryl/α,β-unsaturated/α-hetero) is 1. The Balaban J connectivity index is 1.47. The Kier molecular flexibility index (Phi) is 13.7. The fraction of sp³-hybridized carbons (Fsp3) is 0.300. The van der Waals surface area contributed by atoms with Crippen molar-refractivity contribution in [3.8, 4) is 11.5 Å². The Morgan fingerprint density at radius 3 is 1.48 bits per heavy atom. The third-order valence-corrected chi connectivity index (χ3v) is 22.5. The van der Waals surface area contributed by atoms with Crippen molar-refractivity contribution in [2.24, 2.45) is 0 Å². The molecule has 0 unspecified atom stereocenters. The van der Waals surface area contributed by atoms with E-state index in [0.717, 1.165) is 16.6 Å². The molecule has 0 atom stereocenters. The van der Waals surface area contributed by atoms with Crippen LogP contribution in [-0.4, -0.2) is 86.6 Å². The van der Waals surface area contributed by atoms with Crippen molar-refractivity contribution in [3.63, 3.8) is 0 Å². The number of amides is 1. The van der Waals surface area contributed by atoms with Gasteiger partial charge >= 0.3 is 11.9 Å². The molecule has 0 heterocycles. The summed E-state index contributed by atoms with van der Waals surface area (Å²) in [7, 11) is -8.30. The van der Waals surface area contributed by atoms with Crippen LogP contribution in [0.3, 0.4) is 0 Å². The first kappa shape index (κ1) is 43.9. The summed E-state index contributed by atoms with van der Waals surface area (Å²) in [6, 6.07) is 24.0. The lowest BCUT2D eigenvalue weighted by molar-refractivity contribution is 0.0683. The minimum atomic E-state index is -2.83. The number of rotatable bonds is 18. The van der Waals surface area contributed by atoms with Crippen molar-refractivity contribution in [2.45, 2.75) is 59.3 Å². The summed E-state index contributed by atoms with van der Waals surface area (Å²) in [5.41, 5.74) is 1.24. The first-order valence-corrected chi connectivity index (χ1v) is 30.2. The maximum Gasteiger partial charge on any atom is 0.336 e. The number of carboxylic acid groups (broad SMARTS) is 2. The molecule has 0 radical (unpaired) electrons. The van der Waals surface area contributed by atoms with Gasteiger partial charge in [-0.05, 0) is 118 Å². The molecule has 4 aromatic rings. The minimum Gasteiger partial charge on any atom is -0.494 e. The number of nitrogens with one attached hydrogen (secondary N) is 2. The molecule has 0 aliphatic rings. The molecule has 16 heteroatoms. The normalized spacial score (nSPS) is 12.1. The summed E-state index contributed by atoms with van der Waals surface area (Å²) in [5.74, 6) is -2.11. The summed E-state index contributed by atoms with van der Waals surface area (Å²) >= 11 is 0. The highest BCUT2D eigenvalue weighted by Crippen LogP contribution is 2.24. The molecule has 0 aliphatic carbocycles.